The summed E-state index contributed by atoms with van der Waals surface area (Å²) in [5.41, 5.74) is 9.60. The number of carbonyl (C=O) groups is 4. The fraction of sp³-hybridized carbons (Fsp3) is 0.422. The Hall–Kier alpha value is -6.54. The number of aromatic amines is 1. The first kappa shape index (κ1) is 43.6. The molecule has 14 heteroatoms. The van der Waals surface area contributed by atoms with Crippen molar-refractivity contribution in [2.75, 3.05) is 27.3 Å². The highest BCUT2D eigenvalue weighted by atomic mass is 16.5. The molecule has 310 valence electrons. The van der Waals surface area contributed by atoms with Gasteiger partial charge in [-0.3, -0.25) is 9.59 Å². The highest BCUT2D eigenvalue weighted by Gasteiger charge is 2.39. The molecule has 2 aromatic carbocycles. The lowest BCUT2D eigenvalue weighted by atomic mass is 9.85. The Balaban J connectivity index is 1.43. The van der Waals surface area contributed by atoms with Crippen molar-refractivity contribution in [1.29, 1.82) is 0 Å². The average Bonchev–Trinajstić information content (AvgIpc) is 4.03. The number of aliphatic imine (C=N–C) groups is 1. The molecule has 0 spiro atoms. The summed E-state index contributed by atoms with van der Waals surface area (Å²) in [6.45, 7) is 10.5. The lowest BCUT2D eigenvalue weighted by molar-refractivity contribution is -0.135. The second-order valence-electron chi connectivity index (χ2n) is 15.0. The number of imidazole rings is 1. The van der Waals surface area contributed by atoms with Crippen LogP contribution in [0.4, 0.5) is 9.59 Å². The maximum Gasteiger partial charge on any atom is 0.407 e. The van der Waals surface area contributed by atoms with Crippen LogP contribution in [0.2, 0.25) is 0 Å². The van der Waals surface area contributed by atoms with Crippen LogP contribution < -0.4 is 16.4 Å². The van der Waals surface area contributed by atoms with Crippen LogP contribution in [0, 0.1) is 36.5 Å². The first-order chi connectivity index (χ1) is 28.3. The Bertz CT molecular complexity index is 2190. The minimum Gasteiger partial charge on any atom is -0.453 e. The lowest BCUT2D eigenvalue weighted by Gasteiger charge is -2.32. The zero-order valence-corrected chi connectivity index (χ0v) is 34.8. The fourth-order valence-electron chi connectivity index (χ4n) is 7.69. The molecule has 2 fully saturated rings. The number of hydrogen-bond donors (Lipinski definition) is 4. The average molecular weight is 803 g/mol. The zero-order valence-electron chi connectivity index (χ0n) is 34.8. The standard InChI is InChI=1S/C45H54N8O6/c1-8-34(33-22-13-12-18-30(33)4)45(5,51-39(46)35-23-16-26-52(35)41(54)37(29(2)3)49-43(56)58-6)25-15-14-21-32-28-47-40(48-32)36-24-17-27-53(36)42(55)38(50-44(57)59-7)31-19-10-9-11-20-31/h8-13,18-20,22,28-29,35-38H,16-17,23-24,26-27H2,1-7H3,(H2,46,51)(H,47,48)(H,49,56)(H,50,57)/b34-8-/t35-,36-,37-,38+,45?/m0/s1. The molecule has 3 heterocycles. The number of allylic oxidation sites excluding steroid dienone is 1. The van der Waals surface area contributed by atoms with E-state index in [1.54, 1.807) is 28.1 Å². The molecule has 0 radical (unpaired) electrons. The third-order valence-electron chi connectivity index (χ3n) is 10.7. The van der Waals surface area contributed by atoms with Gasteiger partial charge >= 0.3 is 12.2 Å². The maximum absolute atomic E-state index is 13.9. The van der Waals surface area contributed by atoms with E-state index in [0.29, 0.717) is 43.0 Å². The van der Waals surface area contributed by atoms with E-state index in [1.165, 1.54) is 14.2 Å². The molecule has 1 unspecified atom stereocenters. The summed E-state index contributed by atoms with van der Waals surface area (Å²) in [5.74, 6) is 12.4. The third-order valence-corrected chi connectivity index (χ3v) is 10.7. The van der Waals surface area contributed by atoms with Crippen LogP contribution in [-0.2, 0) is 19.1 Å². The number of amidine groups is 1. The van der Waals surface area contributed by atoms with Crippen molar-refractivity contribution in [3.05, 3.63) is 95.1 Å². The Morgan fingerprint density at radius 1 is 0.949 bits per heavy atom. The van der Waals surface area contributed by atoms with Crippen molar-refractivity contribution in [3.8, 4) is 23.7 Å². The van der Waals surface area contributed by atoms with Gasteiger partial charge in [0.15, 0.2) is 0 Å². The third kappa shape index (κ3) is 10.3. The summed E-state index contributed by atoms with van der Waals surface area (Å²) in [6, 6.07) is 14.4. The predicted molar refractivity (Wildman–Crippen MR) is 225 cm³/mol. The number of nitrogens with two attached hydrogens (primary N) is 1. The Morgan fingerprint density at radius 2 is 1.61 bits per heavy atom. The summed E-state index contributed by atoms with van der Waals surface area (Å²) in [6.07, 6.45) is 4.94. The van der Waals surface area contributed by atoms with Gasteiger partial charge < -0.3 is 40.6 Å². The van der Waals surface area contributed by atoms with E-state index >= 15 is 0 Å². The predicted octanol–water partition coefficient (Wildman–Crippen LogP) is 5.42. The van der Waals surface area contributed by atoms with Gasteiger partial charge in [0, 0.05) is 13.1 Å². The Morgan fingerprint density at radius 3 is 2.29 bits per heavy atom. The molecule has 14 nitrogen and oxygen atoms in total. The Labute approximate surface area is 346 Å². The number of likely N-dealkylation sites (tertiary alicyclic amines) is 2. The van der Waals surface area contributed by atoms with Crippen LogP contribution in [-0.4, -0.2) is 94.5 Å². The smallest absolute Gasteiger partial charge is 0.407 e. The van der Waals surface area contributed by atoms with Gasteiger partial charge in [0.25, 0.3) is 5.91 Å². The number of H-pyrrole nitrogens is 1. The molecule has 5 rings (SSSR count). The summed E-state index contributed by atoms with van der Waals surface area (Å²) < 4.78 is 9.60. The van der Waals surface area contributed by atoms with Crippen LogP contribution in [0.5, 0.6) is 0 Å². The molecule has 0 bridgehead atoms. The SMILES string of the molecule is C/C=C(/c1ccccc1C)C(C)(C#CC#Cc1cnc([C@@H]2CCCN2C(=O)[C@H](NC(=O)OC)c2ccccc2)[nH]1)/N=C(\N)[C@@H]1CCCN1C(=O)[C@@H](NC(=O)OC)C(C)C. The Kier molecular flexibility index (Phi) is 14.6. The number of aryl methyl sites for hydroxylation is 1. The van der Waals surface area contributed by atoms with E-state index in [9.17, 15) is 19.2 Å². The molecular formula is C45H54N8O6. The van der Waals surface area contributed by atoms with Gasteiger partial charge in [-0.15, -0.1) is 0 Å². The molecule has 2 aliphatic heterocycles. The van der Waals surface area contributed by atoms with E-state index in [-0.39, 0.29) is 29.6 Å². The van der Waals surface area contributed by atoms with Crippen molar-refractivity contribution < 1.29 is 28.7 Å². The van der Waals surface area contributed by atoms with Gasteiger partial charge in [0.05, 0.1) is 32.5 Å². The fourth-order valence-corrected chi connectivity index (χ4v) is 7.69. The molecule has 0 saturated carbocycles. The molecule has 1 aromatic heterocycles. The molecule has 5 atom stereocenters. The molecule has 5 N–H and O–H groups in total. The molecule has 0 aliphatic carbocycles. The number of carbonyl (C=O) groups excluding carboxylic acids is 4. The van der Waals surface area contributed by atoms with Crippen molar-refractivity contribution in [2.45, 2.75) is 90.0 Å². The summed E-state index contributed by atoms with van der Waals surface area (Å²) in [4.78, 5) is 68.4. The largest absolute Gasteiger partial charge is 0.453 e. The highest BCUT2D eigenvalue weighted by Crippen LogP contribution is 2.35. The van der Waals surface area contributed by atoms with E-state index in [4.69, 9.17) is 20.2 Å². The number of nitrogens with zero attached hydrogens (tertiary/aromatic N) is 4. The number of benzene rings is 2. The number of hydrogen-bond acceptors (Lipinski definition) is 8. The molecule has 2 saturated heterocycles. The van der Waals surface area contributed by atoms with Crippen LogP contribution in [0.25, 0.3) is 5.57 Å². The summed E-state index contributed by atoms with van der Waals surface area (Å²) in [7, 11) is 2.52. The molecule has 4 amide bonds. The van der Waals surface area contributed by atoms with Crippen molar-refractivity contribution >= 4 is 35.4 Å². The number of methoxy groups -OCH3 is 2. The second kappa shape index (κ2) is 19.7. The van der Waals surface area contributed by atoms with E-state index in [1.807, 2.05) is 83.2 Å². The van der Waals surface area contributed by atoms with Crippen LogP contribution >= 0.6 is 0 Å². The molecular weight excluding hydrogens is 749 g/mol. The minimum absolute atomic E-state index is 0.195. The van der Waals surface area contributed by atoms with Crippen molar-refractivity contribution in [1.82, 2.24) is 30.4 Å². The second-order valence-corrected chi connectivity index (χ2v) is 15.0. The maximum atomic E-state index is 13.9. The topological polar surface area (TPSA) is 184 Å². The molecule has 3 aromatic rings. The van der Waals surface area contributed by atoms with E-state index in [0.717, 1.165) is 29.5 Å². The monoisotopic (exact) mass is 802 g/mol. The number of amides is 4. The van der Waals surface area contributed by atoms with Crippen LogP contribution in [0.3, 0.4) is 0 Å². The van der Waals surface area contributed by atoms with Gasteiger partial charge in [-0.2, -0.15) is 0 Å². The minimum atomic E-state index is -1.17. The first-order valence-electron chi connectivity index (χ1n) is 19.8. The number of rotatable bonds is 11. The lowest BCUT2D eigenvalue weighted by Crippen LogP contribution is -2.55. The number of ether oxygens (including phenoxy) is 2. The quantitative estimate of drug-likeness (QED) is 0.113. The number of aromatic nitrogens is 2. The van der Waals surface area contributed by atoms with Gasteiger partial charge in [-0.1, -0.05) is 80.4 Å². The molecule has 2 aliphatic rings. The van der Waals surface area contributed by atoms with Crippen molar-refractivity contribution in [3.63, 3.8) is 0 Å². The normalized spacial score (nSPS) is 18.7. The van der Waals surface area contributed by atoms with Gasteiger partial charge in [-0.25, -0.2) is 19.6 Å². The number of nitrogens with one attached hydrogen (secondary N) is 3. The number of alkyl carbamates (subject to hydrolysis) is 2. The van der Waals surface area contributed by atoms with Gasteiger partial charge in [0.1, 0.15) is 35.0 Å². The van der Waals surface area contributed by atoms with Crippen LogP contribution in [0.1, 0.15) is 93.7 Å². The molecule has 59 heavy (non-hydrogen) atoms. The van der Waals surface area contributed by atoms with Crippen LogP contribution in [0.15, 0.2) is 71.9 Å². The summed E-state index contributed by atoms with van der Waals surface area (Å²) >= 11 is 0. The van der Waals surface area contributed by atoms with Gasteiger partial charge in [0.2, 0.25) is 5.91 Å². The van der Waals surface area contributed by atoms with Crippen molar-refractivity contribution in [2.24, 2.45) is 16.6 Å². The summed E-state index contributed by atoms with van der Waals surface area (Å²) in [5, 5.41) is 5.36. The van der Waals surface area contributed by atoms with Gasteiger partial charge in [-0.05, 0) is 92.4 Å². The highest BCUT2D eigenvalue weighted by molar-refractivity contribution is 5.95. The first-order valence-corrected chi connectivity index (χ1v) is 19.8. The zero-order chi connectivity index (χ0) is 42.7. The van der Waals surface area contributed by atoms with E-state index in [2.05, 4.69) is 44.3 Å². The van der Waals surface area contributed by atoms with E-state index < -0.39 is 35.9 Å².